The molecule has 0 atom stereocenters. The van der Waals surface area contributed by atoms with E-state index in [1.807, 2.05) is 18.2 Å². The molecule has 1 aromatic carbocycles. The third-order valence-corrected chi connectivity index (χ3v) is 3.00. The molecule has 4 nitrogen and oxygen atoms in total. The number of carbonyl (C=O) groups is 2. The molecule has 1 aliphatic heterocycles. The summed E-state index contributed by atoms with van der Waals surface area (Å²) >= 11 is 1.52. The molecular formula is C9H8N2O2S. The zero-order valence-electron chi connectivity index (χ0n) is 7.27. The minimum Gasteiger partial charge on any atom is -0.361 e. The molecule has 0 aromatic heterocycles. The van der Waals surface area contributed by atoms with Crippen molar-refractivity contribution >= 4 is 29.3 Å². The van der Waals surface area contributed by atoms with Crippen LogP contribution in [0.1, 0.15) is 0 Å². The molecule has 1 heterocycles. The van der Waals surface area contributed by atoms with Crippen LogP contribution in [0.25, 0.3) is 0 Å². The van der Waals surface area contributed by atoms with E-state index in [1.165, 1.54) is 16.7 Å². The van der Waals surface area contributed by atoms with Crippen LogP contribution in [0.5, 0.6) is 0 Å². The van der Waals surface area contributed by atoms with Crippen molar-refractivity contribution in [3.8, 4) is 0 Å². The average Bonchev–Trinajstić information content (AvgIpc) is 2.60. The highest BCUT2D eigenvalue weighted by Crippen LogP contribution is 2.37. The Bertz CT molecular complexity index is 406. The SMILES string of the molecule is NC(=O)C(=O)N1CSc2ccccc21. The molecule has 2 rings (SSSR count). The van der Waals surface area contributed by atoms with Crippen molar-refractivity contribution in [1.82, 2.24) is 0 Å². The summed E-state index contributed by atoms with van der Waals surface area (Å²) in [6.07, 6.45) is 0. The molecule has 0 bridgehead atoms. The van der Waals surface area contributed by atoms with Gasteiger partial charge in [-0.2, -0.15) is 0 Å². The zero-order chi connectivity index (χ0) is 10.1. The van der Waals surface area contributed by atoms with Gasteiger partial charge >= 0.3 is 11.8 Å². The lowest BCUT2D eigenvalue weighted by Gasteiger charge is -2.13. The molecule has 0 saturated heterocycles. The number of anilines is 1. The maximum atomic E-state index is 11.3. The second-order valence-electron chi connectivity index (χ2n) is 2.84. The van der Waals surface area contributed by atoms with Crippen LogP contribution in [0, 0.1) is 0 Å². The van der Waals surface area contributed by atoms with Crippen molar-refractivity contribution in [2.24, 2.45) is 5.73 Å². The number of rotatable bonds is 0. The Hall–Kier alpha value is -1.49. The molecule has 5 heteroatoms. The molecule has 0 saturated carbocycles. The number of primary amides is 1. The van der Waals surface area contributed by atoms with Gasteiger partial charge < -0.3 is 5.73 Å². The molecule has 14 heavy (non-hydrogen) atoms. The van der Waals surface area contributed by atoms with Gasteiger partial charge in [0, 0.05) is 4.90 Å². The fourth-order valence-corrected chi connectivity index (χ4v) is 2.33. The van der Waals surface area contributed by atoms with Crippen molar-refractivity contribution in [3.05, 3.63) is 24.3 Å². The van der Waals surface area contributed by atoms with E-state index in [1.54, 1.807) is 6.07 Å². The van der Waals surface area contributed by atoms with Crippen LogP contribution in [0.3, 0.4) is 0 Å². The average molecular weight is 208 g/mol. The first kappa shape index (κ1) is 9.08. The molecular weight excluding hydrogens is 200 g/mol. The van der Waals surface area contributed by atoms with Gasteiger partial charge in [-0.25, -0.2) is 0 Å². The third kappa shape index (κ3) is 1.35. The number of para-hydroxylation sites is 1. The summed E-state index contributed by atoms with van der Waals surface area (Å²) in [7, 11) is 0. The lowest BCUT2D eigenvalue weighted by molar-refractivity contribution is -0.135. The minimum absolute atomic E-state index is 0.459. The smallest absolute Gasteiger partial charge is 0.316 e. The Balaban J connectivity index is 2.35. The van der Waals surface area contributed by atoms with Crippen LogP contribution >= 0.6 is 11.8 Å². The van der Waals surface area contributed by atoms with Gasteiger partial charge in [0.2, 0.25) is 0 Å². The first-order valence-corrected chi connectivity index (χ1v) is 5.02. The van der Waals surface area contributed by atoms with Crippen molar-refractivity contribution in [3.63, 3.8) is 0 Å². The predicted octanol–water partition coefficient (Wildman–Crippen LogP) is 0.568. The van der Waals surface area contributed by atoms with E-state index in [9.17, 15) is 9.59 Å². The van der Waals surface area contributed by atoms with E-state index in [2.05, 4.69) is 0 Å². The first-order valence-electron chi connectivity index (χ1n) is 4.03. The number of hydrogen-bond donors (Lipinski definition) is 1. The van der Waals surface area contributed by atoms with Crippen molar-refractivity contribution in [2.75, 3.05) is 10.8 Å². The number of thioether (sulfide) groups is 1. The van der Waals surface area contributed by atoms with E-state index in [4.69, 9.17) is 5.73 Å². The maximum Gasteiger partial charge on any atom is 0.316 e. The van der Waals surface area contributed by atoms with Gasteiger partial charge in [0.05, 0.1) is 11.6 Å². The summed E-state index contributed by atoms with van der Waals surface area (Å²) in [5.41, 5.74) is 5.70. The van der Waals surface area contributed by atoms with Crippen molar-refractivity contribution in [2.45, 2.75) is 4.90 Å². The summed E-state index contributed by atoms with van der Waals surface area (Å²) in [5, 5.41) is 0. The zero-order valence-corrected chi connectivity index (χ0v) is 8.08. The van der Waals surface area contributed by atoms with Crippen molar-refractivity contribution < 1.29 is 9.59 Å². The summed E-state index contributed by atoms with van der Waals surface area (Å²) in [6, 6.07) is 7.43. The lowest BCUT2D eigenvalue weighted by atomic mass is 10.3. The number of nitrogens with two attached hydrogens (primary N) is 1. The quantitative estimate of drug-likeness (QED) is 0.634. The summed E-state index contributed by atoms with van der Waals surface area (Å²) in [5.74, 6) is -1.11. The van der Waals surface area contributed by atoms with E-state index < -0.39 is 11.8 Å². The monoisotopic (exact) mass is 208 g/mol. The highest BCUT2D eigenvalue weighted by molar-refractivity contribution is 8.00. The van der Waals surface area contributed by atoms with Gasteiger partial charge in [0.15, 0.2) is 0 Å². The molecule has 0 spiro atoms. The topological polar surface area (TPSA) is 63.4 Å². The maximum absolute atomic E-state index is 11.3. The molecule has 0 fully saturated rings. The first-order chi connectivity index (χ1) is 6.70. The van der Waals surface area contributed by atoms with Gasteiger partial charge in [-0.05, 0) is 12.1 Å². The Labute approximate surface area is 85.1 Å². The number of amides is 2. The Morgan fingerprint density at radius 3 is 2.79 bits per heavy atom. The van der Waals surface area contributed by atoms with Crippen LogP contribution in [-0.2, 0) is 9.59 Å². The van der Waals surface area contributed by atoms with Gasteiger partial charge in [-0.1, -0.05) is 12.1 Å². The number of carbonyl (C=O) groups excluding carboxylic acids is 2. The number of hydrogen-bond acceptors (Lipinski definition) is 3. The van der Waals surface area contributed by atoms with E-state index >= 15 is 0 Å². The van der Waals surface area contributed by atoms with Crippen LogP contribution < -0.4 is 10.6 Å². The molecule has 2 amide bonds. The number of benzene rings is 1. The summed E-state index contributed by atoms with van der Waals surface area (Å²) < 4.78 is 0. The minimum atomic E-state index is -0.915. The number of fused-ring (bicyclic) bond motifs is 1. The highest BCUT2D eigenvalue weighted by atomic mass is 32.2. The Morgan fingerprint density at radius 2 is 2.07 bits per heavy atom. The predicted molar refractivity (Wildman–Crippen MR) is 53.8 cm³/mol. The number of nitrogens with zero attached hydrogens (tertiary/aromatic N) is 1. The molecule has 2 N–H and O–H groups in total. The highest BCUT2D eigenvalue weighted by Gasteiger charge is 2.27. The fraction of sp³-hybridized carbons (Fsp3) is 0.111. The van der Waals surface area contributed by atoms with E-state index in [-0.39, 0.29) is 0 Å². The van der Waals surface area contributed by atoms with Gasteiger partial charge in [0.25, 0.3) is 0 Å². The summed E-state index contributed by atoms with van der Waals surface area (Å²) in [6.45, 7) is 0. The molecule has 0 aliphatic carbocycles. The summed E-state index contributed by atoms with van der Waals surface area (Å²) in [4.78, 5) is 24.5. The Kier molecular flexibility index (Phi) is 2.17. The normalized spacial score (nSPS) is 13.9. The molecule has 1 aromatic rings. The second kappa shape index (κ2) is 3.34. The lowest BCUT2D eigenvalue weighted by Crippen LogP contribution is -2.38. The Morgan fingerprint density at radius 1 is 1.36 bits per heavy atom. The van der Waals surface area contributed by atoms with Gasteiger partial charge in [-0.3, -0.25) is 14.5 Å². The van der Waals surface area contributed by atoms with E-state index in [0.29, 0.717) is 5.88 Å². The molecule has 0 unspecified atom stereocenters. The second-order valence-corrected chi connectivity index (χ2v) is 3.83. The van der Waals surface area contributed by atoms with Crippen molar-refractivity contribution in [1.29, 1.82) is 0 Å². The standard InChI is InChI=1S/C9H8N2O2S/c10-8(12)9(13)11-5-14-7-4-2-1-3-6(7)11/h1-4H,5H2,(H2,10,12). The largest absolute Gasteiger partial charge is 0.361 e. The van der Waals surface area contributed by atoms with Crippen LogP contribution in [0.4, 0.5) is 5.69 Å². The van der Waals surface area contributed by atoms with Gasteiger partial charge in [-0.15, -0.1) is 11.8 Å². The van der Waals surface area contributed by atoms with Crippen LogP contribution in [0.15, 0.2) is 29.2 Å². The van der Waals surface area contributed by atoms with Crippen LogP contribution in [0.2, 0.25) is 0 Å². The van der Waals surface area contributed by atoms with E-state index in [0.717, 1.165) is 10.6 Å². The van der Waals surface area contributed by atoms with Crippen LogP contribution in [-0.4, -0.2) is 17.7 Å². The fourth-order valence-electron chi connectivity index (χ4n) is 1.31. The van der Waals surface area contributed by atoms with Gasteiger partial charge in [0.1, 0.15) is 0 Å². The molecule has 0 radical (unpaired) electrons. The third-order valence-electron chi connectivity index (χ3n) is 1.96. The molecule has 72 valence electrons. The molecule has 1 aliphatic rings.